The fourth-order valence-electron chi connectivity index (χ4n) is 1.53. The minimum Gasteiger partial charge on any atom is -0.399 e. The summed E-state index contributed by atoms with van der Waals surface area (Å²) in [6.45, 7) is 5.74. The molecule has 0 spiro atoms. The number of hydrogen-bond acceptors (Lipinski definition) is 3. The van der Waals surface area contributed by atoms with Crippen LogP contribution in [0.4, 0.5) is 5.69 Å². The highest BCUT2D eigenvalue weighted by atomic mass is 79.9. The number of benzene rings is 1. The Labute approximate surface area is 106 Å². The summed E-state index contributed by atoms with van der Waals surface area (Å²) in [7, 11) is 1.73. The number of nitrogens with two attached hydrogens (primary N) is 1. The molecule has 0 saturated heterocycles. The molecule has 2 N–H and O–H groups in total. The lowest BCUT2D eigenvalue weighted by Crippen LogP contribution is -2.26. The van der Waals surface area contributed by atoms with Gasteiger partial charge in [0.2, 0.25) is 0 Å². The minimum atomic E-state index is 0.758. The smallest absolute Gasteiger partial charge is 0.0589 e. The topological polar surface area (TPSA) is 38.5 Å². The first-order chi connectivity index (χ1) is 7.67. The lowest BCUT2D eigenvalue weighted by molar-refractivity contribution is 0.147. The molecular weight excluding hydrogens is 268 g/mol. The highest BCUT2D eigenvalue weighted by Gasteiger charge is 2.06. The maximum Gasteiger partial charge on any atom is 0.0589 e. The molecule has 1 rings (SSSR count). The summed E-state index contributed by atoms with van der Waals surface area (Å²) in [6.07, 6.45) is 0. The first-order valence-corrected chi connectivity index (χ1v) is 6.21. The van der Waals surface area contributed by atoms with Gasteiger partial charge in [-0.05, 0) is 30.3 Å². The number of rotatable bonds is 6. The van der Waals surface area contributed by atoms with Crippen molar-refractivity contribution in [1.29, 1.82) is 0 Å². The summed E-state index contributed by atoms with van der Waals surface area (Å²) in [5.41, 5.74) is 7.81. The lowest BCUT2D eigenvalue weighted by atomic mass is 10.2. The molecule has 0 atom stereocenters. The third-order valence-electron chi connectivity index (χ3n) is 2.52. The number of hydrogen-bond donors (Lipinski definition) is 1. The summed E-state index contributed by atoms with van der Waals surface area (Å²) in [6, 6.07) is 5.91. The zero-order chi connectivity index (χ0) is 12.0. The van der Waals surface area contributed by atoms with Crippen molar-refractivity contribution in [2.75, 3.05) is 32.5 Å². The highest BCUT2D eigenvalue weighted by molar-refractivity contribution is 9.10. The molecule has 90 valence electrons. The number of methoxy groups -OCH3 is 1. The Morgan fingerprint density at radius 2 is 2.19 bits per heavy atom. The van der Waals surface area contributed by atoms with Crippen LogP contribution in [-0.4, -0.2) is 31.7 Å². The number of nitrogen functional groups attached to an aromatic ring is 1. The van der Waals surface area contributed by atoms with Gasteiger partial charge >= 0.3 is 0 Å². The van der Waals surface area contributed by atoms with E-state index >= 15 is 0 Å². The maximum absolute atomic E-state index is 5.78. The summed E-state index contributed by atoms with van der Waals surface area (Å²) < 4.78 is 6.20. The van der Waals surface area contributed by atoms with E-state index in [4.69, 9.17) is 10.5 Å². The Balaban J connectivity index is 2.65. The third kappa shape index (κ3) is 4.12. The Morgan fingerprint density at radius 3 is 2.81 bits per heavy atom. The van der Waals surface area contributed by atoms with E-state index in [-0.39, 0.29) is 0 Å². The van der Waals surface area contributed by atoms with Crippen LogP contribution in [0.5, 0.6) is 0 Å². The summed E-state index contributed by atoms with van der Waals surface area (Å²) in [4.78, 5) is 2.32. The van der Waals surface area contributed by atoms with Crippen LogP contribution in [0.1, 0.15) is 12.5 Å². The minimum absolute atomic E-state index is 0.758. The zero-order valence-corrected chi connectivity index (χ0v) is 11.5. The summed E-state index contributed by atoms with van der Waals surface area (Å²) in [5.74, 6) is 0. The van der Waals surface area contributed by atoms with E-state index in [1.54, 1.807) is 7.11 Å². The highest BCUT2D eigenvalue weighted by Crippen LogP contribution is 2.21. The number of likely N-dealkylation sites (N-methyl/N-ethyl adjacent to an activating group) is 1. The van der Waals surface area contributed by atoms with Crippen LogP contribution < -0.4 is 5.73 Å². The van der Waals surface area contributed by atoms with Crippen molar-refractivity contribution >= 4 is 21.6 Å². The quantitative estimate of drug-likeness (QED) is 0.817. The van der Waals surface area contributed by atoms with Gasteiger partial charge in [0, 0.05) is 30.4 Å². The fraction of sp³-hybridized carbons (Fsp3) is 0.500. The number of halogens is 1. The van der Waals surface area contributed by atoms with Crippen molar-refractivity contribution in [3.05, 3.63) is 28.2 Å². The van der Waals surface area contributed by atoms with E-state index < -0.39 is 0 Å². The molecule has 1 aromatic carbocycles. The van der Waals surface area contributed by atoms with Crippen LogP contribution in [0.2, 0.25) is 0 Å². The van der Waals surface area contributed by atoms with Gasteiger partial charge in [0.15, 0.2) is 0 Å². The monoisotopic (exact) mass is 286 g/mol. The van der Waals surface area contributed by atoms with Gasteiger partial charge in [-0.3, -0.25) is 4.90 Å². The van der Waals surface area contributed by atoms with Crippen LogP contribution in [0.15, 0.2) is 22.7 Å². The molecule has 0 aliphatic rings. The average molecular weight is 287 g/mol. The van der Waals surface area contributed by atoms with E-state index in [9.17, 15) is 0 Å². The molecule has 0 amide bonds. The molecule has 4 heteroatoms. The molecule has 0 aliphatic heterocycles. The predicted octanol–water partition coefficient (Wildman–Crippen LogP) is 2.50. The standard InChI is InChI=1S/C12H19BrN2O/c1-3-15(6-7-16-2)9-10-8-11(14)4-5-12(10)13/h4-5,8H,3,6-7,9,14H2,1-2H3. The summed E-state index contributed by atoms with van der Waals surface area (Å²) in [5, 5.41) is 0. The van der Waals surface area contributed by atoms with Crippen LogP contribution in [0, 0.1) is 0 Å². The molecule has 16 heavy (non-hydrogen) atoms. The Morgan fingerprint density at radius 1 is 1.44 bits per heavy atom. The van der Waals surface area contributed by atoms with Gasteiger partial charge in [-0.15, -0.1) is 0 Å². The van der Waals surface area contributed by atoms with Crippen LogP contribution in [0.3, 0.4) is 0 Å². The summed E-state index contributed by atoms with van der Waals surface area (Å²) >= 11 is 3.54. The molecular formula is C12H19BrN2O. The van der Waals surface area contributed by atoms with Crippen LogP contribution in [-0.2, 0) is 11.3 Å². The molecule has 0 fully saturated rings. The van der Waals surface area contributed by atoms with E-state index in [0.717, 1.165) is 36.4 Å². The maximum atomic E-state index is 5.78. The van der Waals surface area contributed by atoms with Gasteiger partial charge < -0.3 is 10.5 Å². The van der Waals surface area contributed by atoms with Crippen LogP contribution in [0.25, 0.3) is 0 Å². The van der Waals surface area contributed by atoms with Crippen molar-refractivity contribution in [3.8, 4) is 0 Å². The molecule has 0 bridgehead atoms. The van der Waals surface area contributed by atoms with Crippen molar-refractivity contribution in [2.24, 2.45) is 0 Å². The van der Waals surface area contributed by atoms with Gasteiger partial charge in [-0.2, -0.15) is 0 Å². The van der Waals surface area contributed by atoms with Crippen molar-refractivity contribution in [2.45, 2.75) is 13.5 Å². The third-order valence-corrected chi connectivity index (χ3v) is 3.30. The molecule has 0 radical (unpaired) electrons. The molecule has 3 nitrogen and oxygen atoms in total. The Bertz CT molecular complexity index is 331. The number of ether oxygens (including phenoxy) is 1. The van der Waals surface area contributed by atoms with Crippen molar-refractivity contribution in [3.63, 3.8) is 0 Å². The van der Waals surface area contributed by atoms with Gasteiger partial charge in [-0.25, -0.2) is 0 Å². The molecule has 0 saturated carbocycles. The average Bonchev–Trinajstić information content (AvgIpc) is 2.28. The van der Waals surface area contributed by atoms with E-state index in [1.165, 1.54) is 5.56 Å². The zero-order valence-electron chi connectivity index (χ0n) is 9.87. The van der Waals surface area contributed by atoms with Gasteiger partial charge in [0.1, 0.15) is 0 Å². The van der Waals surface area contributed by atoms with Gasteiger partial charge in [0.25, 0.3) is 0 Å². The molecule has 0 heterocycles. The second kappa shape index (κ2) is 6.89. The SMILES string of the molecule is CCN(CCOC)Cc1cc(N)ccc1Br. The molecule has 1 aromatic rings. The van der Waals surface area contributed by atoms with E-state index in [1.807, 2.05) is 18.2 Å². The fourth-order valence-corrected chi connectivity index (χ4v) is 1.90. The first-order valence-electron chi connectivity index (χ1n) is 5.42. The van der Waals surface area contributed by atoms with Crippen molar-refractivity contribution in [1.82, 2.24) is 4.90 Å². The molecule has 0 unspecified atom stereocenters. The van der Waals surface area contributed by atoms with E-state index in [2.05, 4.69) is 27.8 Å². The molecule has 0 aromatic heterocycles. The van der Waals surface area contributed by atoms with Crippen molar-refractivity contribution < 1.29 is 4.74 Å². The predicted molar refractivity (Wildman–Crippen MR) is 71.4 cm³/mol. The largest absolute Gasteiger partial charge is 0.399 e. The Kier molecular flexibility index (Phi) is 5.80. The van der Waals surface area contributed by atoms with Crippen LogP contribution >= 0.6 is 15.9 Å². The van der Waals surface area contributed by atoms with Gasteiger partial charge in [0.05, 0.1) is 6.61 Å². The first kappa shape index (κ1) is 13.5. The number of nitrogens with zero attached hydrogens (tertiary/aromatic N) is 1. The molecule has 0 aliphatic carbocycles. The number of anilines is 1. The Hall–Kier alpha value is -0.580. The van der Waals surface area contributed by atoms with E-state index in [0.29, 0.717) is 0 Å². The van der Waals surface area contributed by atoms with Gasteiger partial charge in [-0.1, -0.05) is 22.9 Å². The second-order valence-electron chi connectivity index (χ2n) is 3.71. The normalized spacial score (nSPS) is 11.0. The second-order valence-corrected chi connectivity index (χ2v) is 4.57. The lowest BCUT2D eigenvalue weighted by Gasteiger charge is -2.20.